The number of aryl methyl sites for hydroxylation is 2. The Morgan fingerprint density at radius 1 is 0.667 bits per heavy atom. The van der Waals surface area contributed by atoms with Gasteiger partial charge < -0.3 is 4.74 Å². The molecule has 2 heterocycles. The lowest BCUT2D eigenvalue weighted by atomic mass is 9.80. The van der Waals surface area contributed by atoms with Gasteiger partial charge in [-0.05, 0) is 81.3 Å². The number of alkyl halides is 3. The van der Waals surface area contributed by atoms with Gasteiger partial charge in [0.25, 0.3) is 0 Å². The number of pyridine rings is 1. The molecule has 1 aliphatic rings. The fourth-order valence-electron chi connectivity index (χ4n) is 7.06. The molecule has 0 radical (unpaired) electrons. The SMILES string of the molecule is Cc1c2c(c(CC(C)(C)C)c3ccc(CC(C)(C)C)cc13)Oc1c3ccc(CC(C)(C)C(F)(F)F)cc3cc3cc[n+](C)c-2c13. The van der Waals surface area contributed by atoms with E-state index in [1.54, 1.807) is 0 Å². The minimum Gasteiger partial charge on any atom is -0.455 e. The quantitative estimate of drug-likeness (QED) is 0.143. The van der Waals surface area contributed by atoms with Crippen LogP contribution in [0.2, 0.25) is 0 Å². The highest BCUT2D eigenvalue weighted by atomic mass is 19.4. The second-order valence-electron chi connectivity index (χ2n) is 16.3. The first-order valence-electron chi connectivity index (χ1n) is 16.0. The van der Waals surface area contributed by atoms with Gasteiger partial charge in [0.2, 0.25) is 5.69 Å². The van der Waals surface area contributed by atoms with Crippen molar-refractivity contribution in [2.45, 2.75) is 87.8 Å². The summed E-state index contributed by atoms with van der Waals surface area (Å²) in [6.07, 6.45) is -0.462. The molecule has 236 valence electrons. The minimum absolute atomic E-state index is 0.0107. The van der Waals surface area contributed by atoms with Crippen LogP contribution in [0, 0.1) is 23.2 Å². The Balaban J connectivity index is 1.65. The van der Waals surface area contributed by atoms with Gasteiger partial charge in [0.1, 0.15) is 18.5 Å². The summed E-state index contributed by atoms with van der Waals surface area (Å²) >= 11 is 0. The predicted molar refractivity (Wildman–Crippen MR) is 180 cm³/mol. The van der Waals surface area contributed by atoms with Gasteiger partial charge in [0.05, 0.1) is 16.4 Å². The van der Waals surface area contributed by atoms with Crippen LogP contribution in [-0.2, 0) is 26.3 Å². The highest BCUT2D eigenvalue weighted by Crippen LogP contribution is 2.54. The summed E-state index contributed by atoms with van der Waals surface area (Å²) in [5, 5.41) is 6.33. The molecule has 0 saturated carbocycles. The number of ether oxygens (including phenoxy) is 1. The topological polar surface area (TPSA) is 13.1 Å². The van der Waals surface area contributed by atoms with Gasteiger partial charge in [-0.3, -0.25) is 0 Å². The number of nitrogens with zero attached hydrogens (tertiary/aromatic N) is 1. The summed E-state index contributed by atoms with van der Waals surface area (Å²) in [4.78, 5) is 0. The first-order valence-corrected chi connectivity index (χ1v) is 16.0. The van der Waals surface area contributed by atoms with E-state index in [1.807, 2.05) is 18.2 Å². The first-order chi connectivity index (χ1) is 20.7. The second-order valence-corrected chi connectivity index (χ2v) is 16.3. The van der Waals surface area contributed by atoms with Gasteiger partial charge in [0.15, 0.2) is 6.20 Å². The molecule has 0 saturated heterocycles. The molecule has 5 heteroatoms. The molecule has 4 aromatic carbocycles. The van der Waals surface area contributed by atoms with E-state index in [9.17, 15) is 13.2 Å². The van der Waals surface area contributed by atoms with Crippen molar-refractivity contribution in [2.24, 2.45) is 23.3 Å². The minimum atomic E-state index is -4.29. The average molecular weight is 613 g/mol. The number of benzene rings is 4. The Hall–Kier alpha value is -3.60. The van der Waals surface area contributed by atoms with E-state index < -0.39 is 11.6 Å². The van der Waals surface area contributed by atoms with Crippen molar-refractivity contribution in [2.75, 3.05) is 0 Å². The van der Waals surface area contributed by atoms with Gasteiger partial charge in [-0.25, -0.2) is 4.57 Å². The fourth-order valence-corrected chi connectivity index (χ4v) is 7.06. The van der Waals surface area contributed by atoms with Crippen molar-refractivity contribution >= 4 is 32.3 Å². The Bertz CT molecular complexity index is 2000. The number of fused-ring (bicyclic) bond motifs is 5. The highest BCUT2D eigenvalue weighted by molar-refractivity contribution is 6.13. The summed E-state index contributed by atoms with van der Waals surface area (Å²) in [7, 11) is 2.09. The third-order valence-electron chi connectivity index (χ3n) is 9.24. The molecule has 0 amide bonds. The van der Waals surface area contributed by atoms with E-state index in [1.165, 1.54) is 41.3 Å². The van der Waals surface area contributed by atoms with Crippen LogP contribution in [-0.4, -0.2) is 6.18 Å². The fraction of sp³-hybridized carbons (Fsp3) is 0.425. The van der Waals surface area contributed by atoms with Crippen molar-refractivity contribution in [1.82, 2.24) is 0 Å². The highest BCUT2D eigenvalue weighted by Gasteiger charge is 2.47. The Kier molecular flexibility index (Phi) is 7.12. The van der Waals surface area contributed by atoms with Crippen LogP contribution >= 0.6 is 0 Å². The first kappa shape index (κ1) is 31.4. The Morgan fingerprint density at radius 2 is 1.29 bits per heavy atom. The lowest BCUT2D eigenvalue weighted by molar-refractivity contribution is -0.659. The van der Waals surface area contributed by atoms with E-state index in [0.29, 0.717) is 5.56 Å². The van der Waals surface area contributed by atoms with Crippen molar-refractivity contribution in [3.8, 4) is 22.8 Å². The summed E-state index contributed by atoms with van der Waals surface area (Å²) in [6, 6.07) is 16.8. The lowest BCUT2D eigenvalue weighted by Gasteiger charge is -2.29. The number of aromatic nitrogens is 1. The maximum Gasteiger partial charge on any atom is 0.394 e. The van der Waals surface area contributed by atoms with Crippen LogP contribution in [0.25, 0.3) is 43.6 Å². The zero-order valence-electron chi connectivity index (χ0n) is 28.3. The van der Waals surface area contributed by atoms with Gasteiger partial charge in [-0.2, -0.15) is 13.2 Å². The lowest BCUT2D eigenvalue weighted by Crippen LogP contribution is -2.34. The number of halogens is 3. The average Bonchev–Trinajstić information content (AvgIpc) is 2.90. The Labute approximate surface area is 265 Å². The summed E-state index contributed by atoms with van der Waals surface area (Å²) in [6.45, 7) is 18.4. The molecule has 0 N–H and O–H groups in total. The van der Waals surface area contributed by atoms with Crippen LogP contribution in [0.3, 0.4) is 0 Å². The molecule has 45 heavy (non-hydrogen) atoms. The van der Waals surface area contributed by atoms with Crippen molar-refractivity contribution in [3.05, 3.63) is 77.0 Å². The van der Waals surface area contributed by atoms with Crippen molar-refractivity contribution in [1.29, 1.82) is 0 Å². The van der Waals surface area contributed by atoms with E-state index in [4.69, 9.17) is 4.74 Å². The molecule has 0 spiro atoms. The zero-order chi connectivity index (χ0) is 32.9. The summed E-state index contributed by atoms with van der Waals surface area (Å²) in [5.41, 5.74) is 4.99. The second kappa shape index (κ2) is 10.2. The molecule has 0 fully saturated rings. The van der Waals surface area contributed by atoms with Gasteiger partial charge in [0, 0.05) is 17.0 Å². The van der Waals surface area contributed by atoms with Crippen LogP contribution < -0.4 is 9.30 Å². The maximum atomic E-state index is 13.8. The van der Waals surface area contributed by atoms with E-state index in [2.05, 4.69) is 96.6 Å². The van der Waals surface area contributed by atoms with Gasteiger partial charge in [-0.1, -0.05) is 91.8 Å². The molecule has 0 bridgehead atoms. The zero-order valence-corrected chi connectivity index (χ0v) is 28.3. The third-order valence-corrected chi connectivity index (χ3v) is 9.24. The number of rotatable bonds is 4. The number of hydrogen-bond donors (Lipinski definition) is 0. The molecule has 6 rings (SSSR count). The van der Waals surface area contributed by atoms with Crippen LogP contribution in [0.1, 0.15) is 77.6 Å². The third kappa shape index (κ3) is 5.57. The molecule has 5 aromatic rings. The normalized spacial score (nSPS) is 13.9. The van der Waals surface area contributed by atoms with Crippen LogP contribution in [0.15, 0.2) is 54.7 Å². The van der Waals surface area contributed by atoms with Crippen LogP contribution in [0.4, 0.5) is 13.2 Å². The number of hydrogen-bond acceptors (Lipinski definition) is 1. The van der Waals surface area contributed by atoms with Crippen molar-refractivity contribution < 1.29 is 22.5 Å². The molecular weight excluding hydrogens is 567 g/mol. The standard InChI is InChI=1S/C40H45F3NO/c1-23-30-18-25(20-37(2,3)4)12-14-29(30)31(22-38(5,6)7)36-32(23)34-33-26(15-16-44(34)10)19-27-17-24(11-13-28(27)35(33)45-36)21-39(8,9)40(41,42)43/h11-19H,20-22H2,1-10H3/q+1. The summed E-state index contributed by atoms with van der Waals surface area (Å²) < 4.78 is 50.6. The molecule has 2 nitrogen and oxygen atoms in total. The molecule has 0 atom stereocenters. The smallest absolute Gasteiger partial charge is 0.394 e. The van der Waals surface area contributed by atoms with E-state index in [0.717, 1.165) is 57.1 Å². The molecular formula is C40H45F3NO+. The van der Waals surface area contributed by atoms with Gasteiger partial charge in [-0.15, -0.1) is 0 Å². The molecule has 0 unspecified atom stereocenters. The Morgan fingerprint density at radius 3 is 1.91 bits per heavy atom. The van der Waals surface area contributed by atoms with E-state index in [-0.39, 0.29) is 17.3 Å². The molecule has 1 aliphatic heterocycles. The van der Waals surface area contributed by atoms with Gasteiger partial charge >= 0.3 is 6.18 Å². The monoisotopic (exact) mass is 612 g/mol. The predicted octanol–water partition coefficient (Wildman–Crippen LogP) is 11.4. The van der Waals surface area contributed by atoms with E-state index >= 15 is 0 Å². The summed E-state index contributed by atoms with van der Waals surface area (Å²) in [5.74, 6) is 1.67. The van der Waals surface area contributed by atoms with Crippen LogP contribution in [0.5, 0.6) is 11.5 Å². The maximum absolute atomic E-state index is 13.8. The largest absolute Gasteiger partial charge is 0.455 e. The van der Waals surface area contributed by atoms with Crippen molar-refractivity contribution in [3.63, 3.8) is 0 Å². The molecule has 1 aromatic heterocycles. The molecule has 0 aliphatic carbocycles.